The highest BCUT2D eigenvalue weighted by Crippen LogP contribution is 2.03. The highest BCUT2D eigenvalue weighted by Gasteiger charge is 2.09. The zero-order valence-corrected chi connectivity index (χ0v) is 10.3. The number of hydrogen-bond acceptors (Lipinski definition) is 4. The Bertz CT molecular complexity index is 633. The molecule has 1 amide bonds. The maximum absolute atomic E-state index is 12.0. The summed E-state index contributed by atoms with van der Waals surface area (Å²) in [5, 5.41) is 10.8. The van der Waals surface area contributed by atoms with Crippen molar-refractivity contribution in [2.45, 2.75) is 26.4 Å². The number of amides is 1. The van der Waals surface area contributed by atoms with Gasteiger partial charge in [-0.1, -0.05) is 17.3 Å². The molecule has 18 heavy (non-hydrogen) atoms. The van der Waals surface area contributed by atoms with Crippen LogP contribution in [0.2, 0.25) is 0 Å². The van der Waals surface area contributed by atoms with Gasteiger partial charge in [0.1, 0.15) is 12.1 Å². The molecule has 0 saturated heterocycles. The van der Waals surface area contributed by atoms with Gasteiger partial charge in [-0.05, 0) is 26.0 Å². The van der Waals surface area contributed by atoms with Crippen molar-refractivity contribution in [1.82, 2.24) is 20.3 Å². The molecule has 0 aliphatic heterocycles. The van der Waals surface area contributed by atoms with Gasteiger partial charge in [0.15, 0.2) is 0 Å². The Kier molecular flexibility index (Phi) is 3.36. The van der Waals surface area contributed by atoms with Gasteiger partial charge in [0.2, 0.25) is 5.91 Å². The molecule has 0 fully saturated rings. The van der Waals surface area contributed by atoms with Crippen LogP contribution >= 0.6 is 0 Å². The lowest BCUT2D eigenvalue weighted by Gasteiger charge is -2.08. The van der Waals surface area contributed by atoms with Crippen molar-refractivity contribution in [2.75, 3.05) is 0 Å². The molecule has 2 rings (SSSR count). The van der Waals surface area contributed by atoms with E-state index in [1.54, 1.807) is 24.3 Å². The maximum Gasteiger partial charge on any atom is 0.278 e. The van der Waals surface area contributed by atoms with Gasteiger partial charge < -0.3 is 5.32 Å². The molecule has 0 unspecified atom stereocenters. The molecule has 0 bridgehead atoms. The van der Waals surface area contributed by atoms with E-state index in [0.29, 0.717) is 10.9 Å². The standard InChI is InChI=1S/C12H14N4O2/c1-8(2)13-11(17)7-16-12(18)9-5-3-4-6-10(9)14-15-16/h3-6,8H,7H2,1-2H3,(H,13,17). The zero-order valence-electron chi connectivity index (χ0n) is 10.3. The lowest BCUT2D eigenvalue weighted by Crippen LogP contribution is -2.37. The van der Waals surface area contributed by atoms with E-state index >= 15 is 0 Å². The van der Waals surface area contributed by atoms with Crippen molar-refractivity contribution >= 4 is 16.8 Å². The third kappa shape index (κ3) is 2.53. The number of carbonyl (C=O) groups is 1. The fourth-order valence-electron chi connectivity index (χ4n) is 1.63. The Morgan fingerprint density at radius 3 is 2.83 bits per heavy atom. The molecule has 0 spiro atoms. The average molecular weight is 246 g/mol. The molecule has 0 saturated carbocycles. The maximum atomic E-state index is 12.0. The lowest BCUT2D eigenvalue weighted by atomic mass is 10.2. The molecular formula is C12H14N4O2. The van der Waals surface area contributed by atoms with E-state index in [4.69, 9.17) is 0 Å². The monoisotopic (exact) mass is 246 g/mol. The molecular weight excluding hydrogens is 232 g/mol. The summed E-state index contributed by atoms with van der Waals surface area (Å²) in [7, 11) is 0. The fourth-order valence-corrected chi connectivity index (χ4v) is 1.63. The average Bonchev–Trinajstić information content (AvgIpc) is 2.32. The summed E-state index contributed by atoms with van der Waals surface area (Å²) < 4.78 is 1.07. The molecule has 0 atom stereocenters. The van der Waals surface area contributed by atoms with Crippen molar-refractivity contribution in [2.24, 2.45) is 0 Å². The fraction of sp³-hybridized carbons (Fsp3) is 0.333. The van der Waals surface area contributed by atoms with Gasteiger partial charge in [0.05, 0.1) is 5.39 Å². The molecule has 1 heterocycles. The molecule has 94 valence electrons. The van der Waals surface area contributed by atoms with Crippen LogP contribution < -0.4 is 10.9 Å². The van der Waals surface area contributed by atoms with Gasteiger partial charge in [0.25, 0.3) is 5.56 Å². The third-order valence-corrected chi connectivity index (χ3v) is 2.37. The number of fused-ring (bicyclic) bond motifs is 1. The summed E-state index contributed by atoms with van der Waals surface area (Å²) in [6, 6.07) is 6.95. The van der Waals surface area contributed by atoms with E-state index in [2.05, 4.69) is 15.6 Å². The van der Waals surface area contributed by atoms with Gasteiger partial charge in [-0.3, -0.25) is 9.59 Å². The number of benzene rings is 1. The Morgan fingerprint density at radius 2 is 2.11 bits per heavy atom. The topological polar surface area (TPSA) is 76.9 Å². The van der Waals surface area contributed by atoms with Crippen molar-refractivity contribution in [3.63, 3.8) is 0 Å². The second-order valence-electron chi connectivity index (χ2n) is 4.29. The van der Waals surface area contributed by atoms with Crippen LogP contribution in [0.1, 0.15) is 13.8 Å². The SMILES string of the molecule is CC(C)NC(=O)Cn1nnc2ccccc2c1=O. The number of aromatic nitrogens is 3. The Morgan fingerprint density at radius 1 is 1.39 bits per heavy atom. The Balaban J connectivity index is 2.32. The number of rotatable bonds is 3. The summed E-state index contributed by atoms with van der Waals surface area (Å²) in [4.78, 5) is 23.6. The number of carbonyl (C=O) groups excluding carboxylic acids is 1. The van der Waals surface area contributed by atoms with Crippen molar-refractivity contribution < 1.29 is 4.79 Å². The van der Waals surface area contributed by atoms with Crippen LogP contribution in [0.25, 0.3) is 10.9 Å². The lowest BCUT2D eigenvalue weighted by molar-refractivity contribution is -0.122. The van der Waals surface area contributed by atoms with Gasteiger partial charge in [-0.2, -0.15) is 0 Å². The normalized spacial score (nSPS) is 10.8. The smallest absolute Gasteiger partial charge is 0.278 e. The van der Waals surface area contributed by atoms with E-state index in [0.717, 1.165) is 4.68 Å². The molecule has 0 radical (unpaired) electrons. The first-order chi connectivity index (χ1) is 8.58. The first-order valence-electron chi connectivity index (χ1n) is 5.70. The Hall–Kier alpha value is -2.24. The van der Waals surface area contributed by atoms with Gasteiger partial charge >= 0.3 is 0 Å². The molecule has 1 N–H and O–H groups in total. The minimum atomic E-state index is -0.306. The predicted octanol–water partition coefficient (Wildman–Crippen LogP) is 0.316. The second-order valence-corrected chi connectivity index (χ2v) is 4.29. The Labute approximate surface area is 104 Å². The van der Waals surface area contributed by atoms with Crippen LogP contribution in [0.3, 0.4) is 0 Å². The first kappa shape index (κ1) is 12.2. The summed E-state index contributed by atoms with van der Waals surface area (Å²) in [6.45, 7) is 3.59. The number of nitrogens with zero attached hydrogens (tertiary/aromatic N) is 3. The van der Waals surface area contributed by atoms with Gasteiger partial charge in [0, 0.05) is 6.04 Å². The van der Waals surface area contributed by atoms with E-state index in [-0.39, 0.29) is 24.1 Å². The van der Waals surface area contributed by atoms with Crippen LogP contribution in [0.5, 0.6) is 0 Å². The van der Waals surface area contributed by atoms with E-state index in [9.17, 15) is 9.59 Å². The first-order valence-corrected chi connectivity index (χ1v) is 5.70. The largest absolute Gasteiger partial charge is 0.352 e. The third-order valence-electron chi connectivity index (χ3n) is 2.37. The van der Waals surface area contributed by atoms with Crippen LogP contribution in [0, 0.1) is 0 Å². The van der Waals surface area contributed by atoms with Crippen LogP contribution in [0.15, 0.2) is 29.1 Å². The minimum absolute atomic E-state index is 0.0293. The summed E-state index contributed by atoms with van der Waals surface area (Å²) in [6.07, 6.45) is 0. The van der Waals surface area contributed by atoms with Crippen molar-refractivity contribution in [3.8, 4) is 0 Å². The van der Waals surface area contributed by atoms with Crippen LogP contribution in [0.4, 0.5) is 0 Å². The van der Waals surface area contributed by atoms with Gasteiger partial charge in [-0.15, -0.1) is 5.10 Å². The molecule has 1 aromatic carbocycles. The molecule has 0 aliphatic rings. The highest BCUT2D eigenvalue weighted by molar-refractivity contribution is 5.78. The highest BCUT2D eigenvalue weighted by atomic mass is 16.2. The second kappa shape index (κ2) is 4.95. The zero-order chi connectivity index (χ0) is 13.1. The minimum Gasteiger partial charge on any atom is -0.352 e. The van der Waals surface area contributed by atoms with Crippen molar-refractivity contribution in [1.29, 1.82) is 0 Å². The summed E-state index contributed by atoms with van der Waals surface area (Å²) >= 11 is 0. The number of hydrogen-bond donors (Lipinski definition) is 1. The molecule has 0 aliphatic carbocycles. The van der Waals surface area contributed by atoms with Crippen molar-refractivity contribution in [3.05, 3.63) is 34.6 Å². The van der Waals surface area contributed by atoms with E-state index in [1.165, 1.54) is 0 Å². The quantitative estimate of drug-likeness (QED) is 0.846. The van der Waals surface area contributed by atoms with Crippen LogP contribution in [-0.4, -0.2) is 26.9 Å². The predicted molar refractivity (Wildman–Crippen MR) is 67.1 cm³/mol. The molecule has 6 nitrogen and oxygen atoms in total. The van der Waals surface area contributed by atoms with E-state index < -0.39 is 0 Å². The summed E-state index contributed by atoms with van der Waals surface area (Å²) in [5.74, 6) is -0.253. The van der Waals surface area contributed by atoms with E-state index in [1.807, 2.05) is 13.8 Å². The molecule has 6 heteroatoms. The molecule has 2 aromatic rings. The van der Waals surface area contributed by atoms with Crippen LogP contribution in [-0.2, 0) is 11.3 Å². The number of nitrogens with one attached hydrogen (secondary N) is 1. The summed E-state index contributed by atoms with van der Waals surface area (Å²) in [5.41, 5.74) is 0.225. The molecule has 1 aromatic heterocycles. The van der Waals surface area contributed by atoms with Gasteiger partial charge in [-0.25, -0.2) is 4.68 Å².